The molecule has 122 valence electrons. The van der Waals surface area contributed by atoms with E-state index in [-0.39, 0.29) is 28.5 Å². The third kappa shape index (κ3) is 3.97. The molecule has 1 N–H and O–H groups in total. The maximum Gasteiger partial charge on any atom is 0.224 e. The fraction of sp³-hybridized carbons (Fsp3) is 0.562. The number of hydrogen-bond donors (Lipinski definition) is 1. The summed E-state index contributed by atoms with van der Waals surface area (Å²) in [5.41, 5.74) is 0.139. The zero-order chi connectivity index (χ0) is 16.2. The normalized spacial score (nSPS) is 17.5. The smallest absolute Gasteiger partial charge is 0.224 e. The van der Waals surface area contributed by atoms with Crippen LogP contribution in [0.15, 0.2) is 18.2 Å². The van der Waals surface area contributed by atoms with Gasteiger partial charge in [-0.15, -0.1) is 0 Å². The molecule has 1 aromatic rings. The van der Waals surface area contributed by atoms with Crippen LogP contribution >= 0.6 is 11.6 Å². The van der Waals surface area contributed by atoms with Gasteiger partial charge in [-0.3, -0.25) is 4.79 Å². The van der Waals surface area contributed by atoms with Crippen molar-refractivity contribution < 1.29 is 13.9 Å². The minimum atomic E-state index is -0.448. The third-order valence-electron chi connectivity index (χ3n) is 4.39. The van der Waals surface area contributed by atoms with Gasteiger partial charge in [0.15, 0.2) is 0 Å². The Balaban J connectivity index is 1.97. The highest BCUT2D eigenvalue weighted by molar-refractivity contribution is 6.31. The van der Waals surface area contributed by atoms with Crippen LogP contribution in [0.1, 0.15) is 18.4 Å². The molecule has 1 heterocycles. The van der Waals surface area contributed by atoms with Crippen molar-refractivity contribution >= 4 is 17.5 Å². The quantitative estimate of drug-likeness (QED) is 0.901. The first-order valence-corrected chi connectivity index (χ1v) is 7.77. The molecule has 0 aromatic heterocycles. The molecular weight excluding hydrogens is 307 g/mol. The van der Waals surface area contributed by atoms with E-state index in [2.05, 4.69) is 10.2 Å². The van der Waals surface area contributed by atoms with Gasteiger partial charge < -0.3 is 15.0 Å². The van der Waals surface area contributed by atoms with Crippen LogP contribution in [0, 0.1) is 5.82 Å². The minimum Gasteiger partial charge on any atom is -0.381 e. The number of ether oxygens (including phenoxy) is 1. The molecule has 0 atom stereocenters. The Morgan fingerprint density at radius 3 is 2.68 bits per heavy atom. The Hall–Kier alpha value is -1.17. The summed E-state index contributed by atoms with van der Waals surface area (Å²) in [6.45, 7) is 1.90. The van der Waals surface area contributed by atoms with E-state index >= 15 is 0 Å². The van der Waals surface area contributed by atoms with Crippen LogP contribution in [0.2, 0.25) is 5.02 Å². The number of amides is 1. The highest BCUT2D eigenvalue weighted by atomic mass is 35.5. The SMILES string of the molecule is CN(C)C1(CNC(=O)Cc2c(F)cccc2Cl)CCOCC1. The first-order valence-electron chi connectivity index (χ1n) is 7.39. The van der Waals surface area contributed by atoms with Gasteiger partial charge in [0.05, 0.1) is 6.42 Å². The van der Waals surface area contributed by atoms with Crippen LogP contribution in [0.4, 0.5) is 4.39 Å². The lowest BCUT2D eigenvalue weighted by Gasteiger charge is -2.42. The molecule has 0 spiro atoms. The van der Waals surface area contributed by atoms with Gasteiger partial charge >= 0.3 is 0 Å². The van der Waals surface area contributed by atoms with Gasteiger partial charge in [-0.2, -0.15) is 0 Å². The predicted molar refractivity (Wildman–Crippen MR) is 84.6 cm³/mol. The second-order valence-corrected chi connectivity index (χ2v) is 6.29. The van der Waals surface area contributed by atoms with Gasteiger partial charge in [0.1, 0.15) is 5.82 Å². The molecule has 22 heavy (non-hydrogen) atoms. The first kappa shape index (κ1) is 17.2. The van der Waals surface area contributed by atoms with E-state index in [9.17, 15) is 9.18 Å². The topological polar surface area (TPSA) is 41.6 Å². The van der Waals surface area contributed by atoms with Crippen molar-refractivity contribution in [3.63, 3.8) is 0 Å². The van der Waals surface area contributed by atoms with Gasteiger partial charge in [0, 0.05) is 35.9 Å². The van der Waals surface area contributed by atoms with E-state index in [0.29, 0.717) is 19.8 Å². The van der Waals surface area contributed by atoms with Crippen LogP contribution < -0.4 is 5.32 Å². The van der Waals surface area contributed by atoms with Crippen molar-refractivity contribution in [2.24, 2.45) is 0 Å². The largest absolute Gasteiger partial charge is 0.381 e. The molecule has 0 radical (unpaired) electrons. The molecule has 1 aliphatic heterocycles. The van der Waals surface area contributed by atoms with E-state index in [1.807, 2.05) is 14.1 Å². The number of benzene rings is 1. The molecule has 0 bridgehead atoms. The van der Waals surface area contributed by atoms with Gasteiger partial charge in [0.25, 0.3) is 0 Å². The summed E-state index contributed by atoms with van der Waals surface area (Å²) in [4.78, 5) is 14.3. The van der Waals surface area contributed by atoms with Gasteiger partial charge in [-0.05, 0) is 39.1 Å². The van der Waals surface area contributed by atoms with Crippen molar-refractivity contribution in [2.45, 2.75) is 24.8 Å². The van der Waals surface area contributed by atoms with Gasteiger partial charge in [0.2, 0.25) is 5.91 Å². The average molecular weight is 329 g/mol. The summed E-state index contributed by atoms with van der Waals surface area (Å²) in [6.07, 6.45) is 1.67. The monoisotopic (exact) mass is 328 g/mol. The van der Waals surface area contributed by atoms with E-state index in [0.717, 1.165) is 12.8 Å². The Morgan fingerprint density at radius 2 is 2.09 bits per heavy atom. The van der Waals surface area contributed by atoms with Crippen molar-refractivity contribution in [3.05, 3.63) is 34.6 Å². The fourth-order valence-electron chi connectivity index (χ4n) is 2.72. The second-order valence-electron chi connectivity index (χ2n) is 5.88. The maximum atomic E-state index is 13.7. The Kier molecular flexibility index (Phi) is 5.78. The summed E-state index contributed by atoms with van der Waals surface area (Å²) in [7, 11) is 4.01. The standard InChI is InChI=1S/C16H22ClFN2O2/c1-20(2)16(6-8-22-9-7-16)11-19-15(21)10-12-13(17)4-3-5-14(12)18/h3-5H,6-11H2,1-2H3,(H,19,21). The molecular formula is C16H22ClFN2O2. The molecule has 0 unspecified atom stereocenters. The number of carbonyl (C=O) groups excluding carboxylic acids is 1. The lowest BCUT2D eigenvalue weighted by atomic mass is 9.88. The lowest BCUT2D eigenvalue weighted by molar-refractivity contribution is -0.121. The molecule has 1 aromatic carbocycles. The Morgan fingerprint density at radius 1 is 1.41 bits per heavy atom. The number of hydrogen-bond acceptors (Lipinski definition) is 3. The van der Waals surface area contributed by atoms with E-state index in [1.54, 1.807) is 6.07 Å². The third-order valence-corrected chi connectivity index (χ3v) is 4.74. The van der Waals surface area contributed by atoms with Crippen LogP contribution in [-0.4, -0.2) is 50.2 Å². The molecule has 1 saturated heterocycles. The number of carbonyl (C=O) groups is 1. The molecule has 1 fully saturated rings. The zero-order valence-electron chi connectivity index (χ0n) is 13.0. The second kappa shape index (κ2) is 7.40. The zero-order valence-corrected chi connectivity index (χ0v) is 13.8. The molecule has 0 aliphatic carbocycles. The minimum absolute atomic E-state index is 0.0501. The lowest BCUT2D eigenvalue weighted by Crippen LogP contribution is -2.55. The summed E-state index contributed by atoms with van der Waals surface area (Å²) >= 11 is 5.96. The Labute approximate surface area is 135 Å². The Bertz CT molecular complexity index is 511. The van der Waals surface area contributed by atoms with Crippen LogP contribution in [0.3, 0.4) is 0 Å². The molecule has 1 amide bonds. The molecule has 6 heteroatoms. The van der Waals surface area contributed by atoms with Gasteiger partial charge in [-0.25, -0.2) is 4.39 Å². The van der Waals surface area contributed by atoms with Crippen molar-refractivity contribution in [1.82, 2.24) is 10.2 Å². The maximum absolute atomic E-state index is 13.7. The predicted octanol–water partition coefficient (Wildman–Crippen LogP) is 2.25. The fourth-order valence-corrected chi connectivity index (χ4v) is 2.95. The molecule has 2 rings (SSSR count). The molecule has 1 aliphatic rings. The van der Waals surface area contributed by atoms with E-state index < -0.39 is 5.82 Å². The highest BCUT2D eigenvalue weighted by Crippen LogP contribution is 2.25. The first-order chi connectivity index (χ1) is 10.4. The van der Waals surface area contributed by atoms with Crippen LogP contribution in [0.5, 0.6) is 0 Å². The molecule has 0 saturated carbocycles. The van der Waals surface area contributed by atoms with E-state index in [4.69, 9.17) is 16.3 Å². The average Bonchev–Trinajstić information content (AvgIpc) is 2.50. The molecule has 4 nitrogen and oxygen atoms in total. The van der Waals surface area contributed by atoms with Crippen molar-refractivity contribution in [3.8, 4) is 0 Å². The number of nitrogens with one attached hydrogen (secondary N) is 1. The highest BCUT2D eigenvalue weighted by Gasteiger charge is 2.35. The number of halogens is 2. The van der Waals surface area contributed by atoms with Crippen LogP contribution in [0.25, 0.3) is 0 Å². The van der Waals surface area contributed by atoms with Crippen molar-refractivity contribution in [1.29, 1.82) is 0 Å². The van der Waals surface area contributed by atoms with Crippen molar-refractivity contribution in [2.75, 3.05) is 33.9 Å². The summed E-state index contributed by atoms with van der Waals surface area (Å²) in [5.74, 6) is -0.671. The number of nitrogens with zero attached hydrogens (tertiary/aromatic N) is 1. The summed E-state index contributed by atoms with van der Waals surface area (Å²) in [5, 5.41) is 3.20. The van der Waals surface area contributed by atoms with Crippen LogP contribution in [-0.2, 0) is 16.0 Å². The number of likely N-dealkylation sites (N-methyl/N-ethyl adjacent to an activating group) is 1. The number of rotatable bonds is 5. The van der Waals surface area contributed by atoms with Gasteiger partial charge in [-0.1, -0.05) is 17.7 Å². The summed E-state index contributed by atoms with van der Waals surface area (Å²) in [6, 6.07) is 4.43. The van der Waals surface area contributed by atoms with E-state index in [1.165, 1.54) is 12.1 Å². The summed E-state index contributed by atoms with van der Waals surface area (Å²) < 4.78 is 19.1.